The van der Waals surface area contributed by atoms with E-state index in [1.807, 2.05) is 26.0 Å². The lowest BCUT2D eigenvalue weighted by Crippen LogP contribution is -2.01. The lowest BCUT2D eigenvalue weighted by Gasteiger charge is -2.08. The zero-order valence-electron chi connectivity index (χ0n) is 13.8. The van der Waals surface area contributed by atoms with Crippen LogP contribution in [-0.2, 0) is 0 Å². The molecule has 0 aliphatic carbocycles. The third kappa shape index (κ3) is 4.69. The van der Waals surface area contributed by atoms with Crippen LogP contribution in [-0.4, -0.2) is 22.6 Å². The third-order valence-corrected chi connectivity index (χ3v) is 4.73. The van der Waals surface area contributed by atoms with E-state index in [1.165, 1.54) is 11.8 Å². The Morgan fingerprint density at radius 3 is 2.40 bits per heavy atom. The Morgan fingerprint density at radius 2 is 1.72 bits per heavy atom. The maximum Gasteiger partial charge on any atom is 0.276 e. The summed E-state index contributed by atoms with van der Waals surface area (Å²) >= 11 is 13.6. The summed E-state index contributed by atoms with van der Waals surface area (Å²) in [4.78, 5) is 0. The van der Waals surface area contributed by atoms with E-state index in [4.69, 9.17) is 32.4 Å². The molecule has 0 saturated heterocycles. The van der Waals surface area contributed by atoms with Gasteiger partial charge in [-0.05, 0) is 38.1 Å². The second kappa shape index (κ2) is 8.13. The third-order valence-electron chi connectivity index (χ3n) is 3.35. The largest absolute Gasteiger partial charge is 0.490 e. The van der Waals surface area contributed by atoms with Gasteiger partial charge in [-0.25, -0.2) is 0 Å². The van der Waals surface area contributed by atoms with Gasteiger partial charge in [-0.15, -0.1) is 10.2 Å². The van der Waals surface area contributed by atoms with Crippen molar-refractivity contribution < 1.29 is 9.15 Å². The molecule has 0 spiro atoms. The van der Waals surface area contributed by atoms with E-state index in [1.54, 1.807) is 18.2 Å². The van der Waals surface area contributed by atoms with E-state index in [2.05, 4.69) is 16.3 Å². The molecule has 3 aromatic rings. The van der Waals surface area contributed by atoms with Crippen LogP contribution in [0, 0.1) is 13.8 Å². The molecule has 1 heterocycles. The Kier molecular flexibility index (Phi) is 5.89. The van der Waals surface area contributed by atoms with Crippen molar-refractivity contribution in [1.29, 1.82) is 0 Å². The summed E-state index contributed by atoms with van der Waals surface area (Å²) in [6.45, 7) is 4.51. The summed E-state index contributed by atoms with van der Waals surface area (Å²) in [5, 5.41) is 9.67. The average molecular weight is 395 g/mol. The Balaban J connectivity index is 1.57. The Morgan fingerprint density at radius 1 is 1.04 bits per heavy atom. The molecular formula is C18H16Cl2N2O2S. The van der Waals surface area contributed by atoms with Crippen LogP contribution >= 0.6 is 35.0 Å². The molecule has 2 aromatic carbocycles. The molecule has 130 valence electrons. The number of para-hydroxylation sites is 1. The summed E-state index contributed by atoms with van der Waals surface area (Å²) in [6.07, 6.45) is 0. The maximum atomic E-state index is 6.06. The number of thioether (sulfide) groups is 1. The standard InChI is InChI=1S/C18H16Cl2N2O2S/c1-11-8-12(2)10-13(9-11)17-21-22-18(24-17)25-7-6-23-16-14(19)4-3-5-15(16)20/h3-5,8-10H,6-7H2,1-2H3. The van der Waals surface area contributed by atoms with Crippen LogP contribution in [0.5, 0.6) is 5.75 Å². The molecule has 4 nitrogen and oxygen atoms in total. The zero-order valence-corrected chi connectivity index (χ0v) is 16.1. The molecule has 0 bridgehead atoms. The molecule has 0 atom stereocenters. The number of aromatic nitrogens is 2. The molecule has 25 heavy (non-hydrogen) atoms. The van der Waals surface area contributed by atoms with Gasteiger partial charge in [0.05, 0.1) is 16.7 Å². The summed E-state index contributed by atoms with van der Waals surface area (Å²) in [6, 6.07) is 11.4. The lowest BCUT2D eigenvalue weighted by molar-refractivity contribution is 0.343. The second-order valence-corrected chi connectivity index (χ2v) is 7.36. The molecule has 0 aliphatic rings. The molecule has 0 amide bonds. The van der Waals surface area contributed by atoms with Crippen LogP contribution in [0.15, 0.2) is 46.0 Å². The summed E-state index contributed by atoms with van der Waals surface area (Å²) in [5.74, 6) is 1.65. The molecular weight excluding hydrogens is 379 g/mol. The quantitative estimate of drug-likeness (QED) is 0.388. The van der Waals surface area contributed by atoms with Gasteiger partial charge in [0.25, 0.3) is 5.22 Å². The van der Waals surface area contributed by atoms with Crippen molar-refractivity contribution in [2.75, 3.05) is 12.4 Å². The fourth-order valence-corrected chi connectivity index (χ4v) is 3.46. The zero-order chi connectivity index (χ0) is 17.8. The Labute approximate surface area is 160 Å². The van der Waals surface area contributed by atoms with Gasteiger partial charge < -0.3 is 9.15 Å². The highest BCUT2D eigenvalue weighted by molar-refractivity contribution is 7.99. The van der Waals surface area contributed by atoms with E-state index in [9.17, 15) is 0 Å². The van der Waals surface area contributed by atoms with Crippen molar-refractivity contribution in [2.45, 2.75) is 19.1 Å². The first kappa shape index (κ1) is 18.1. The van der Waals surface area contributed by atoms with Crippen LogP contribution in [0.25, 0.3) is 11.5 Å². The topological polar surface area (TPSA) is 48.2 Å². The first-order valence-corrected chi connectivity index (χ1v) is 9.39. The van der Waals surface area contributed by atoms with Gasteiger partial charge in [0.2, 0.25) is 5.89 Å². The molecule has 7 heteroatoms. The van der Waals surface area contributed by atoms with E-state index in [0.717, 1.165) is 16.7 Å². The van der Waals surface area contributed by atoms with Crippen molar-refractivity contribution in [3.05, 3.63) is 57.6 Å². The van der Waals surface area contributed by atoms with Crippen molar-refractivity contribution in [2.24, 2.45) is 0 Å². The monoisotopic (exact) mass is 394 g/mol. The van der Waals surface area contributed by atoms with Crippen LogP contribution in [0.3, 0.4) is 0 Å². The molecule has 1 aromatic heterocycles. The van der Waals surface area contributed by atoms with Crippen LogP contribution in [0.2, 0.25) is 10.0 Å². The first-order chi connectivity index (χ1) is 12.0. The van der Waals surface area contributed by atoms with Gasteiger partial charge in [0, 0.05) is 11.3 Å². The van der Waals surface area contributed by atoms with Gasteiger partial charge in [-0.3, -0.25) is 0 Å². The number of benzene rings is 2. The van der Waals surface area contributed by atoms with Crippen LogP contribution < -0.4 is 4.74 Å². The minimum absolute atomic E-state index is 0.426. The van der Waals surface area contributed by atoms with Crippen molar-refractivity contribution >= 4 is 35.0 Å². The van der Waals surface area contributed by atoms with Crippen LogP contribution in [0.4, 0.5) is 0 Å². The van der Waals surface area contributed by atoms with Gasteiger partial charge >= 0.3 is 0 Å². The fourth-order valence-electron chi connectivity index (χ4n) is 2.38. The minimum atomic E-state index is 0.426. The Hall–Kier alpha value is -1.69. The van der Waals surface area contributed by atoms with Gasteiger partial charge in [-0.2, -0.15) is 0 Å². The van der Waals surface area contributed by atoms with E-state index in [0.29, 0.717) is 39.3 Å². The number of halogens is 2. The smallest absolute Gasteiger partial charge is 0.276 e. The summed E-state index contributed by atoms with van der Waals surface area (Å²) in [5.41, 5.74) is 3.25. The van der Waals surface area contributed by atoms with Crippen molar-refractivity contribution in [1.82, 2.24) is 10.2 Å². The molecule has 0 N–H and O–H groups in total. The number of aryl methyl sites for hydroxylation is 2. The maximum absolute atomic E-state index is 6.06. The lowest BCUT2D eigenvalue weighted by atomic mass is 10.1. The number of ether oxygens (including phenoxy) is 1. The fraction of sp³-hybridized carbons (Fsp3) is 0.222. The van der Waals surface area contributed by atoms with Crippen molar-refractivity contribution in [3.63, 3.8) is 0 Å². The molecule has 3 rings (SSSR count). The van der Waals surface area contributed by atoms with E-state index in [-0.39, 0.29) is 0 Å². The van der Waals surface area contributed by atoms with E-state index < -0.39 is 0 Å². The number of hydrogen-bond acceptors (Lipinski definition) is 5. The second-order valence-electron chi connectivity index (χ2n) is 5.50. The van der Waals surface area contributed by atoms with Crippen molar-refractivity contribution in [3.8, 4) is 17.2 Å². The van der Waals surface area contributed by atoms with Crippen LogP contribution in [0.1, 0.15) is 11.1 Å². The number of nitrogens with zero attached hydrogens (tertiary/aromatic N) is 2. The molecule has 0 saturated carbocycles. The summed E-state index contributed by atoms with van der Waals surface area (Å²) in [7, 11) is 0. The minimum Gasteiger partial charge on any atom is -0.490 e. The van der Waals surface area contributed by atoms with Gasteiger partial charge in [0.1, 0.15) is 0 Å². The average Bonchev–Trinajstić information content (AvgIpc) is 3.02. The predicted molar refractivity (Wildman–Crippen MR) is 102 cm³/mol. The molecule has 0 aliphatic heterocycles. The highest BCUT2D eigenvalue weighted by Crippen LogP contribution is 2.32. The summed E-state index contributed by atoms with van der Waals surface area (Å²) < 4.78 is 11.4. The normalized spacial score (nSPS) is 10.9. The van der Waals surface area contributed by atoms with Gasteiger partial charge in [-0.1, -0.05) is 58.2 Å². The molecule has 0 radical (unpaired) electrons. The van der Waals surface area contributed by atoms with E-state index >= 15 is 0 Å². The highest BCUT2D eigenvalue weighted by Gasteiger charge is 2.11. The van der Waals surface area contributed by atoms with Gasteiger partial charge in [0.15, 0.2) is 5.75 Å². The molecule has 0 fully saturated rings. The first-order valence-electron chi connectivity index (χ1n) is 7.65. The molecule has 0 unspecified atom stereocenters. The SMILES string of the molecule is Cc1cc(C)cc(-c2nnc(SCCOc3c(Cl)cccc3Cl)o2)c1. The Bertz CT molecular complexity index is 843. The number of hydrogen-bond donors (Lipinski definition) is 0. The predicted octanol–water partition coefficient (Wildman–Crippen LogP) is 5.83. The number of rotatable bonds is 6. The highest BCUT2D eigenvalue weighted by atomic mass is 35.5.